The van der Waals surface area contributed by atoms with Crippen LogP contribution in [0.3, 0.4) is 0 Å². The molecule has 130 valence electrons. The topological polar surface area (TPSA) is 61.8 Å². The summed E-state index contributed by atoms with van der Waals surface area (Å²) in [6.07, 6.45) is 2.04. The average Bonchev–Trinajstić information content (AvgIpc) is 2.66. The number of ketones is 1. The molecule has 0 aromatic heterocycles. The average molecular weight is 340 g/mol. The molecule has 5 nitrogen and oxygen atoms in total. The lowest BCUT2D eigenvalue weighted by molar-refractivity contribution is 0.0474. The molecule has 0 bridgehead atoms. The van der Waals surface area contributed by atoms with Crippen LogP contribution in [0, 0.1) is 0 Å². The third-order valence-corrected chi connectivity index (χ3v) is 3.93. The first-order valence-electron chi connectivity index (χ1n) is 8.36. The second-order valence-corrected chi connectivity index (χ2v) is 5.80. The molecule has 0 atom stereocenters. The summed E-state index contributed by atoms with van der Waals surface area (Å²) in [7, 11) is 0. The van der Waals surface area contributed by atoms with Crippen LogP contribution in [0.4, 0.5) is 0 Å². The smallest absolute Gasteiger partial charge is 0.338 e. The second kappa shape index (κ2) is 7.83. The van der Waals surface area contributed by atoms with Gasteiger partial charge in [-0.2, -0.15) is 0 Å². The van der Waals surface area contributed by atoms with Crippen molar-refractivity contribution in [2.45, 2.75) is 19.8 Å². The molecule has 0 radical (unpaired) electrons. The SMILES string of the molecule is CCCc1ccc(C(=O)COC(=O)c2ccc3c(c2)OCCO3)cc1. The number of hydrogen-bond acceptors (Lipinski definition) is 5. The van der Waals surface area contributed by atoms with Crippen molar-refractivity contribution < 1.29 is 23.8 Å². The van der Waals surface area contributed by atoms with Gasteiger partial charge in [0.2, 0.25) is 0 Å². The summed E-state index contributed by atoms with van der Waals surface area (Å²) in [6, 6.07) is 12.2. The second-order valence-electron chi connectivity index (χ2n) is 5.80. The van der Waals surface area contributed by atoms with Crippen LogP contribution in [0.2, 0.25) is 0 Å². The third-order valence-electron chi connectivity index (χ3n) is 3.93. The summed E-state index contributed by atoms with van der Waals surface area (Å²) in [5.74, 6) is 0.325. The molecule has 0 N–H and O–H groups in total. The molecule has 25 heavy (non-hydrogen) atoms. The highest BCUT2D eigenvalue weighted by molar-refractivity contribution is 5.99. The molecule has 0 saturated heterocycles. The van der Waals surface area contributed by atoms with Crippen molar-refractivity contribution >= 4 is 11.8 Å². The van der Waals surface area contributed by atoms with E-state index in [4.69, 9.17) is 14.2 Å². The van der Waals surface area contributed by atoms with Crippen molar-refractivity contribution in [1.82, 2.24) is 0 Å². The zero-order chi connectivity index (χ0) is 17.6. The lowest BCUT2D eigenvalue weighted by Gasteiger charge is -2.18. The lowest BCUT2D eigenvalue weighted by atomic mass is 10.1. The summed E-state index contributed by atoms with van der Waals surface area (Å²) in [6.45, 7) is 2.75. The van der Waals surface area contributed by atoms with E-state index >= 15 is 0 Å². The van der Waals surface area contributed by atoms with Crippen LogP contribution in [0.15, 0.2) is 42.5 Å². The van der Waals surface area contributed by atoms with Gasteiger partial charge in [0.25, 0.3) is 0 Å². The molecular weight excluding hydrogens is 320 g/mol. The fourth-order valence-electron chi connectivity index (χ4n) is 2.61. The van der Waals surface area contributed by atoms with Gasteiger partial charge in [-0.05, 0) is 30.2 Å². The molecule has 0 amide bonds. The Labute approximate surface area is 146 Å². The minimum Gasteiger partial charge on any atom is -0.486 e. The Morgan fingerprint density at radius 3 is 2.36 bits per heavy atom. The lowest BCUT2D eigenvalue weighted by Crippen LogP contribution is -2.17. The van der Waals surface area contributed by atoms with Crippen molar-refractivity contribution in [2.75, 3.05) is 19.8 Å². The number of aryl methyl sites for hydroxylation is 1. The first-order chi connectivity index (χ1) is 12.2. The quantitative estimate of drug-likeness (QED) is 0.595. The van der Waals surface area contributed by atoms with E-state index in [1.165, 1.54) is 5.56 Å². The number of rotatable bonds is 6. The van der Waals surface area contributed by atoms with Crippen LogP contribution < -0.4 is 9.47 Å². The van der Waals surface area contributed by atoms with Gasteiger partial charge in [0.15, 0.2) is 23.9 Å². The van der Waals surface area contributed by atoms with E-state index < -0.39 is 5.97 Å². The molecule has 0 saturated carbocycles. The maximum atomic E-state index is 12.2. The van der Waals surface area contributed by atoms with Crippen LogP contribution in [-0.2, 0) is 11.2 Å². The highest BCUT2D eigenvalue weighted by Crippen LogP contribution is 2.30. The van der Waals surface area contributed by atoms with E-state index in [9.17, 15) is 9.59 Å². The Kier molecular flexibility index (Phi) is 5.33. The van der Waals surface area contributed by atoms with E-state index in [1.807, 2.05) is 12.1 Å². The van der Waals surface area contributed by atoms with Crippen LogP contribution >= 0.6 is 0 Å². The van der Waals surface area contributed by atoms with E-state index in [2.05, 4.69) is 6.92 Å². The minimum atomic E-state index is -0.562. The molecule has 1 aliphatic heterocycles. The fraction of sp³-hybridized carbons (Fsp3) is 0.300. The van der Waals surface area contributed by atoms with Gasteiger partial charge < -0.3 is 14.2 Å². The van der Waals surface area contributed by atoms with Gasteiger partial charge in [-0.25, -0.2) is 4.79 Å². The Hall–Kier alpha value is -2.82. The zero-order valence-corrected chi connectivity index (χ0v) is 14.1. The van der Waals surface area contributed by atoms with Gasteiger partial charge in [0.1, 0.15) is 13.2 Å². The monoisotopic (exact) mass is 340 g/mol. The van der Waals surface area contributed by atoms with Crippen LogP contribution in [0.1, 0.15) is 39.6 Å². The molecule has 2 aromatic rings. The number of Topliss-reactive ketones (excluding diaryl/α,β-unsaturated/α-hetero) is 1. The number of hydrogen-bond donors (Lipinski definition) is 0. The predicted molar refractivity (Wildman–Crippen MR) is 92.5 cm³/mol. The summed E-state index contributed by atoms with van der Waals surface area (Å²) in [5, 5.41) is 0. The standard InChI is InChI=1S/C20H20O5/c1-2-3-14-4-6-15(7-5-14)17(21)13-25-20(22)16-8-9-18-19(12-16)24-11-10-23-18/h4-9,12H,2-3,10-11,13H2,1H3. The Morgan fingerprint density at radius 1 is 0.960 bits per heavy atom. The van der Waals surface area contributed by atoms with Gasteiger partial charge >= 0.3 is 5.97 Å². The maximum Gasteiger partial charge on any atom is 0.338 e. The Morgan fingerprint density at radius 2 is 1.64 bits per heavy atom. The number of carbonyl (C=O) groups excluding carboxylic acids is 2. The van der Waals surface area contributed by atoms with Gasteiger partial charge in [0.05, 0.1) is 5.56 Å². The summed E-state index contributed by atoms with van der Waals surface area (Å²) in [5.41, 5.74) is 2.05. The molecule has 1 heterocycles. The highest BCUT2D eigenvalue weighted by Gasteiger charge is 2.17. The van der Waals surface area contributed by atoms with E-state index in [0.717, 1.165) is 12.8 Å². The van der Waals surface area contributed by atoms with Crippen molar-refractivity contribution in [3.8, 4) is 11.5 Å². The van der Waals surface area contributed by atoms with E-state index in [-0.39, 0.29) is 12.4 Å². The van der Waals surface area contributed by atoms with Gasteiger partial charge in [-0.15, -0.1) is 0 Å². The van der Waals surface area contributed by atoms with Crippen LogP contribution in [0.25, 0.3) is 0 Å². The zero-order valence-electron chi connectivity index (χ0n) is 14.1. The summed E-state index contributed by atoms with van der Waals surface area (Å²) in [4.78, 5) is 24.3. The van der Waals surface area contributed by atoms with Gasteiger partial charge in [0, 0.05) is 5.56 Å². The van der Waals surface area contributed by atoms with Crippen LogP contribution in [0.5, 0.6) is 11.5 Å². The molecule has 5 heteroatoms. The Bertz CT molecular complexity index is 764. The predicted octanol–water partition coefficient (Wildman–Crippen LogP) is 3.45. The molecular formula is C20H20O5. The normalized spacial score (nSPS) is 12.5. The number of esters is 1. The number of benzene rings is 2. The van der Waals surface area contributed by atoms with Crippen molar-refractivity contribution in [3.05, 3.63) is 59.2 Å². The van der Waals surface area contributed by atoms with Gasteiger partial charge in [-0.1, -0.05) is 37.6 Å². The van der Waals surface area contributed by atoms with Crippen molar-refractivity contribution in [1.29, 1.82) is 0 Å². The summed E-state index contributed by atoms with van der Waals surface area (Å²) >= 11 is 0. The van der Waals surface area contributed by atoms with Gasteiger partial charge in [-0.3, -0.25) is 4.79 Å². The fourth-order valence-corrected chi connectivity index (χ4v) is 2.61. The molecule has 0 fully saturated rings. The Balaban J connectivity index is 1.59. The van der Waals surface area contributed by atoms with Crippen LogP contribution in [-0.4, -0.2) is 31.6 Å². The minimum absolute atomic E-state index is 0.228. The van der Waals surface area contributed by atoms with E-state index in [1.54, 1.807) is 30.3 Å². The number of ether oxygens (including phenoxy) is 3. The molecule has 0 spiro atoms. The number of carbonyl (C=O) groups is 2. The molecule has 2 aromatic carbocycles. The van der Waals surface area contributed by atoms with Crippen molar-refractivity contribution in [3.63, 3.8) is 0 Å². The third kappa shape index (κ3) is 4.18. The highest BCUT2D eigenvalue weighted by atomic mass is 16.6. The maximum absolute atomic E-state index is 12.2. The molecule has 3 rings (SSSR count). The summed E-state index contributed by atoms with van der Waals surface area (Å²) < 4.78 is 16.0. The number of fused-ring (bicyclic) bond motifs is 1. The largest absolute Gasteiger partial charge is 0.486 e. The van der Waals surface area contributed by atoms with Crippen molar-refractivity contribution in [2.24, 2.45) is 0 Å². The molecule has 0 aliphatic carbocycles. The first kappa shape index (κ1) is 17.0. The van der Waals surface area contributed by atoms with E-state index in [0.29, 0.717) is 35.8 Å². The molecule has 0 unspecified atom stereocenters. The molecule has 1 aliphatic rings. The first-order valence-corrected chi connectivity index (χ1v) is 8.36.